The van der Waals surface area contributed by atoms with Crippen molar-refractivity contribution in [3.05, 3.63) is 6.42 Å². The van der Waals surface area contributed by atoms with Crippen molar-refractivity contribution in [2.45, 2.75) is 32.2 Å². The largest absolute Gasteiger partial charge is 0.353 e. The third kappa shape index (κ3) is 2.04. The lowest BCUT2D eigenvalue weighted by molar-refractivity contribution is -0.119. The maximum atomic E-state index is 10.5. The number of amides is 1. The SMILES string of the molecule is CC(=O)NC1[CH]CCC1. The van der Waals surface area contributed by atoms with Gasteiger partial charge in [-0.05, 0) is 19.3 Å². The van der Waals surface area contributed by atoms with Crippen molar-refractivity contribution in [1.82, 2.24) is 5.32 Å². The highest BCUT2D eigenvalue weighted by atomic mass is 16.1. The van der Waals surface area contributed by atoms with Gasteiger partial charge in [-0.2, -0.15) is 0 Å². The molecule has 2 nitrogen and oxygen atoms in total. The van der Waals surface area contributed by atoms with Gasteiger partial charge in [0.1, 0.15) is 0 Å². The van der Waals surface area contributed by atoms with Gasteiger partial charge in [-0.1, -0.05) is 6.42 Å². The van der Waals surface area contributed by atoms with Crippen molar-refractivity contribution in [2.75, 3.05) is 0 Å². The van der Waals surface area contributed by atoms with E-state index in [1.54, 1.807) is 6.92 Å². The van der Waals surface area contributed by atoms with Crippen molar-refractivity contribution < 1.29 is 4.79 Å². The fourth-order valence-corrected chi connectivity index (χ4v) is 1.17. The Morgan fingerprint density at radius 2 is 2.56 bits per heavy atom. The van der Waals surface area contributed by atoms with Crippen LogP contribution in [0.5, 0.6) is 0 Å². The number of rotatable bonds is 1. The van der Waals surface area contributed by atoms with E-state index in [-0.39, 0.29) is 5.91 Å². The highest BCUT2D eigenvalue weighted by Crippen LogP contribution is 2.15. The van der Waals surface area contributed by atoms with Gasteiger partial charge in [0.25, 0.3) is 0 Å². The fraction of sp³-hybridized carbons (Fsp3) is 0.714. The Morgan fingerprint density at radius 3 is 3.00 bits per heavy atom. The molecule has 1 rings (SSSR count). The molecule has 0 aliphatic heterocycles. The molecule has 0 aromatic rings. The van der Waals surface area contributed by atoms with E-state index in [0.29, 0.717) is 6.04 Å². The molecule has 51 valence electrons. The molecule has 1 aliphatic rings. The normalized spacial score (nSPS) is 20.1. The predicted molar refractivity (Wildman–Crippen MR) is 35.8 cm³/mol. The summed E-state index contributed by atoms with van der Waals surface area (Å²) < 4.78 is 0. The molecule has 1 aliphatic carbocycles. The molecule has 0 bridgehead atoms. The first kappa shape index (κ1) is 6.59. The summed E-state index contributed by atoms with van der Waals surface area (Å²) in [4.78, 5) is 10.5. The smallest absolute Gasteiger partial charge is 0.217 e. The van der Waals surface area contributed by atoms with Crippen LogP contribution in [0.1, 0.15) is 26.2 Å². The van der Waals surface area contributed by atoms with E-state index in [1.165, 1.54) is 6.42 Å². The third-order valence-electron chi connectivity index (χ3n) is 1.56. The number of hydrogen-bond donors (Lipinski definition) is 1. The second-order valence-electron chi connectivity index (χ2n) is 2.47. The average Bonchev–Trinajstić information content (AvgIpc) is 2.15. The van der Waals surface area contributed by atoms with Gasteiger partial charge >= 0.3 is 0 Å². The fourth-order valence-electron chi connectivity index (χ4n) is 1.17. The van der Waals surface area contributed by atoms with Crippen LogP contribution in [0.3, 0.4) is 0 Å². The molecule has 1 saturated carbocycles. The van der Waals surface area contributed by atoms with E-state index < -0.39 is 0 Å². The van der Waals surface area contributed by atoms with E-state index in [4.69, 9.17) is 0 Å². The second-order valence-corrected chi connectivity index (χ2v) is 2.47. The first-order valence-electron chi connectivity index (χ1n) is 3.39. The molecule has 9 heavy (non-hydrogen) atoms. The molecule has 0 spiro atoms. The summed E-state index contributed by atoms with van der Waals surface area (Å²) in [5.74, 6) is 0.0816. The number of nitrogens with one attached hydrogen (secondary N) is 1. The van der Waals surface area contributed by atoms with E-state index in [1.807, 2.05) is 0 Å². The van der Waals surface area contributed by atoms with Gasteiger partial charge < -0.3 is 5.32 Å². The Bertz CT molecular complexity index is 105. The predicted octanol–water partition coefficient (Wildman–Crippen LogP) is 0.879. The average molecular weight is 126 g/mol. The van der Waals surface area contributed by atoms with Crippen LogP contribution in [0.4, 0.5) is 0 Å². The molecule has 1 radical (unpaired) electrons. The van der Waals surface area contributed by atoms with E-state index in [0.717, 1.165) is 12.8 Å². The zero-order valence-electron chi connectivity index (χ0n) is 5.68. The Hall–Kier alpha value is -0.530. The maximum absolute atomic E-state index is 10.5. The molecule has 1 atom stereocenters. The Balaban J connectivity index is 2.19. The van der Waals surface area contributed by atoms with Gasteiger partial charge in [0, 0.05) is 13.0 Å². The monoisotopic (exact) mass is 126 g/mol. The highest BCUT2D eigenvalue weighted by Gasteiger charge is 2.14. The van der Waals surface area contributed by atoms with Crippen LogP contribution in [0, 0.1) is 6.42 Å². The van der Waals surface area contributed by atoms with Crippen molar-refractivity contribution in [3.8, 4) is 0 Å². The third-order valence-corrected chi connectivity index (χ3v) is 1.56. The van der Waals surface area contributed by atoms with Gasteiger partial charge in [0.2, 0.25) is 5.91 Å². The molecule has 0 saturated heterocycles. The lowest BCUT2D eigenvalue weighted by Crippen LogP contribution is -2.30. The van der Waals surface area contributed by atoms with Crippen molar-refractivity contribution in [1.29, 1.82) is 0 Å². The summed E-state index contributed by atoms with van der Waals surface area (Å²) in [5, 5.41) is 2.85. The maximum Gasteiger partial charge on any atom is 0.217 e. The zero-order chi connectivity index (χ0) is 6.69. The van der Waals surface area contributed by atoms with Crippen LogP contribution >= 0.6 is 0 Å². The van der Waals surface area contributed by atoms with Crippen LogP contribution in [-0.2, 0) is 4.79 Å². The minimum absolute atomic E-state index is 0.0816. The first-order valence-corrected chi connectivity index (χ1v) is 3.39. The quantitative estimate of drug-likeness (QED) is 0.555. The number of hydrogen-bond acceptors (Lipinski definition) is 1. The van der Waals surface area contributed by atoms with Gasteiger partial charge in [0.15, 0.2) is 0 Å². The number of carbonyl (C=O) groups excluding carboxylic acids is 1. The Kier molecular flexibility index (Phi) is 2.09. The van der Waals surface area contributed by atoms with Crippen LogP contribution in [0.25, 0.3) is 0 Å². The van der Waals surface area contributed by atoms with Gasteiger partial charge in [-0.25, -0.2) is 0 Å². The Labute approximate surface area is 55.6 Å². The van der Waals surface area contributed by atoms with Crippen molar-refractivity contribution >= 4 is 5.91 Å². The first-order chi connectivity index (χ1) is 4.29. The summed E-state index contributed by atoms with van der Waals surface area (Å²) in [7, 11) is 0. The molecule has 0 aromatic heterocycles. The standard InChI is InChI=1S/C7H12NO/c1-6(9)8-7-4-2-3-5-7/h4,7H,2-3,5H2,1H3,(H,8,9). The Morgan fingerprint density at radius 1 is 1.78 bits per heavy atom. The van der Waals surface area contributed by atoms with Crippen LogP contribution in [0.2, 0.25) is 0 Å². The van der Waals surface area contributed by atoms with Crippen LogP contribution < -0.4 is 5.32 Å². The van der Waals surface area contributed by atoms with Gasteiger partial charge in [-0.3, -0.25) is 4.79 Å². The van der Waals surface area contributed by atoms with Crippen molar-refractivity contribution in [3.63, 3.8) is 0 Å². The highest BCUT2D eigenvalue weighted by molar-refractivity contribution is 5.73. The lowest BCUT2D eigenvalue weighted by Gasteiger charge is -2.07. The summed E-state index contributed by atoms with van der Waals surface area (Å²) in [5.41, 5.74) is 0. The minimum Gasteiger partial charge on any atom is -0.353 e. The summed E-state index contributed by atoms with van der Waals surface area (Å²) in [6.07, 6.45) is 5.68. The van der Waals surface area contributed by atoms with Gasteiger partial charge in [-0.15, -0.1) is 0 Å². The molecule has 0 aromatic carbocycles. The molecule has 2 heteroatoms. The molecule has 0 heterocycles. The minimum atomic E-state index is 0.0816. The van der Waals surface area contributed by atoms with E-state index in [2.05, 4.69) is 11.7 Å². The molecular weight excluding hydrogens is 114 g/mol. The van der Waals surface area contributed by atoms with E-state index >= 15 is 0 Å². The molecular formula is C7H12NO. The summed E-state index contributed by atoms with van der Waals surface area (Å²) in [6, 6.07) is 0.363. The van der Waals surface area contributed by atoms with Gasteiger partial charge in [0.05, 0.1) is 0 Å². The summed E-state index contributed by atoms with van der Waals surface area (Å²) in [6.45, 7) is 1.56. The van der Waals surface area contributed by atoms with Crippen LogP contribution in [-0.4, -0.2) is 11.9 Å². The van der Waals surface area contributed by atoms with E-state index in [9.17, 15) is 4.79 Å². The summed E-state index contributed by atoms with van der Waals surface area (Å²) >= 11 is 0. The molecule has 1 unspecified atom stereocenters. The van der Waals surface area contributed by atoms with Crippen molar-refractivity contribution in [2.24, 2.45) is 0 Å². The van der Waals surface area contributed by atoms with Crippen LogP contribution in [0.15, 0.2) is 0 Å². The molecule has 1 N–H and O–H groups in total. The molecule has 1 fully saturated rings. The zero-order valence-corrected chi connectivity index (χ0v) is 5.68. The second kappa shape index (κ2) is 2.85. The topological polar surface area (TPSA) is 29.1 Å². The number of carbonyl (C=O) groups is 1. The molecule has 1 amide bonds. The lowest BCUT2D eigenvalue weighted by atomic mass is 10.2.